The molecule has 6 heteroatoms. The van der Waals surface area contributed by atoms with Crippen LogP contribution in [0.15, 0.2) is 41.5 Å². The van der Waals surface area contributed by atoms with Gasteiger partial charge in [-0.3, -0.25) is 9.69 Å². The van der Waals surface area contributed by atoms with E-state index in [4.69, 9.17) is 4.74 Å². The molecule has 1 aliphatic rings. The molecule has 0 amide bonds. The van der Waals surface area contributed by atoms with Crippen LogP contribution in [-0.2, 0) is 17.7 Å². The van der Waals surface area contributed by atoms with Crippen LogP contribution in [0.4, 0.5) is 4.39 Å². The Hall–Kier alpha value is -2.05. The highest BCUT2D eigenvalue weighted by Gasteiger charge is 2.19. The molecule has 5 nitrogen and oxygen atoms in total. The molecule has 1 fully saturated rings. The molecule has 1 saturated heterocycles. The highest BCUT2D eigenvalue weighted by Crippen LogP contribution is 2.15. The third-order valence-corrected chi connectivity index (χ3v) is 3.97. The molecule has 1 unspecified atom stereocenters. The molecule has 0 saturated carbocycles. The summed E-state index contributed by atoms with van der Waals surface area (Å²) in [5, 5.41) is 0. The number of ether oxygens (including phenoxy) is 1. The van der Waals surface area contributed by atoms with Gasteiger partial charge in [0.2, 0.25) is 0 Å². The molecule has 3 rings (SSSR count). The van der Waals surface area contributed by atoms with Gasteiger partial charge in [-0.25, -0.2) is 9.37 Å². The second-order valence-electron chi connectivity index (χ2n) is 5.91. The molecular formula is C17H20FN3O2. The standard InChI is InChI=1S/C17H20FN3O2/c18-15-3-1-13(2-4-15)9-21-5-6-23-11-14(10-21)7-16-8-17(22)20-12-19-16/h1-4,8,12,14H,5-7,9-11H2,(H,19,20,22). The van der Waals surface area contributed by atoms with Gasteiger partial charge in [0.25, 0.3) is 5.56 Å². The third kappa shape index (κ3) is 4.71. The molecule has 2 aromatic rings. The SMILES string of the molecule is O=c1cc(CC2COCCN(Cc3ccc(F)cc3)C2)nc[nH]1. The topological polar surface area (TPSA) is 58.2 Å². The first-order valence-electron chi connectivity index (χ1n) is 7.77. The summed E-state index contributed by atoms with van der Waals surface area (Å²) in [5.41, 5.74) is 1.74. The number of H-pyrrole nitrogens is 1. The fourth-order valence-electron chi connectivity index (χ4n) is 2.88. The lowest BCUT2D eigenvalue weighted by molar-refractivity contribution is 0.121. The molecule has 1 aromatic heterocycles. The van der Waals surface area contributed by atoms with Gasteiger partial charge in [0.1, 0.15) is 5.82 Å². The monoisotopic (exact) mass is 317 g/mol. The second kappa shape index (κ2) is 7.48. The van der Waals surface area contributed by atoms with Gasteiger partial charge in [-0.2, -0.15) is 0 Å². The third-order valence-electron chi connectivity index (χ3n) is 3.97. The number of aromatic nitrogens is 2. The van der Waals surface area contributed by atoms with E-state index in [1.54, 1.807) is 0 Å². The number of nitrogens with one attached hydrogen (secondary N) is 1. The minimum absolute atomic E-state index is 0.132. The Morgan fingerprint density at radius 2 is 2.17 bits per heavy atom. The average molecular weight is 317 g/mol. The van der Waals surface area contributed by atoms with Crippen molar-refractivity contribution in [3.63, 3.8) is 0 Å². The van der Waals surface area contributed by atoms with E-state index in [2.05, 4.69) is 14.9 Å². The van der Waals surface area contributed by atoms with Gasteiger partial charge in [-0.15, -0.1) is 0 Å². The van der Waals surface area contributed by atoms with Crippen LogP contribution in [0.1, 0.15) is 11.3 Å². The molecule has 1 aliphatic heterocycles. The maximum Gasteiger partial charge on any atom is 0.250 e. The molecular weight excluding hydrogens is 297 g/mol. The molecule has 0 spiro atoms. The van der Waals surface area contributed by atoms with E-state index in [9.17, 15) is 9.18 Å². The number of halogens is 1. The van der Waals surface area contributed by atoms with Crippen molar-refractivity contribution in [3.8, 4) is 0 Å². The van der Waals surface area contributed by atoms with Crippen LogP contribution in [0.3, 0.4) is 0 Å². The maximum absolute atomic E-state index is 13.0. The van der Waals surface area contributed by atoms with Crippen molar-refractivity contribution in [2.75, 3.05) is 26.3 Å². The Balaban J connectivity index is 1.63. The predicted molar refractivity (Wildman–Crippen MR) is 84.5 cm³/mol. The molecule has 1 N–H and O–H groups in total. The Bertz CT molecular complexity index is 687. The Morgan fingerprint density at radius 3 is 2.96 bits per heavy atom. The lowest BCUT2D eigenvalue weighted by Gasteiger charge is -2.23. The lowest BCUT2D eigenvalue weighted by Crippen LogP contribution is -2.30. The smallest absolute Gasteiger partial charge is 0.250 e. The molecule has 23 heavy (non-hydrogen) atoms. The minimum Gasteiger partial charge on any atom is -0.380 e. The van der Waals surface area contributed by atoms with Crippen molar-refractivity contribution < 1.29 is 9.13 Å². The number of aromatic amines is 1. The first-order chi connectivity index (χ1) is 11.2. The van der Waals surface area contributed by atoms with Gasteiger partial charge in [0.15, 0.2) is 0 Å². The van der Waals surface area contributed by atoms with Crippen LogP contribution in [-0.4, -0.2) is 41.2 Å². The van der Waals surface area contributed by atoms with E-state index >= 15 is 0 Å². The van der Waals surface area contributed by atoms with Gasteiger partial charge in [-0.05, 0) is 24.1 Å². The lowest BCUT2D eigenvalue weighted by atomic mass is 10.0. The zero-order valence-corrected chi connectivity index (χ0v) is 12.9. The zero-order chi connectivity index (χ0) is 16.1. The van der Waals surface area contributed by atoms with Crippen LogP contribution in [0.5, 0.6) is 0 Å². The van der Waals surface area contributed by atoms with Crippen LogP contribution >= 0.6 is 0 Å². The van der Waals surface area contributed by atoms with Crippen molar-refractivity contribution in [2.45, 2.75) is 13.0 Å². The van der Waals surface area contributed by atoms with E-state index in [-0.39, 0.29) is 17.3 Å². The van der Waals surface area contributed by atoms with E-state index in [1.807, 2.05) is 12.1 Å². The molecule has 0 aliphatic carbocycles. The van der Waals surface area contributed by atoms with Crippen molar-refractivity contribution in [2.24, 2.45) is 5.92 Å². The highest BCUT2D eigenvalue weighted by atomic mass is 19.1. The fourth-order valence-corrected chi connectivity index (χ4v) is 2.88. The Kier molecular flexibility index (Phi) is 5.15. The maximum atomic E-state index is 13.0. The van der Waals surface area contributed by atoms with Crippen LogP contribution < -0.4 is 5.56 Å². The zero-order valence-electron chi connectivity index (χ0n) is 12.9. The summed E-state index contributed by atoms with van der Waals surface area (Å²) in [6.45, 7) is 3.82. The molecule has 1 aromatic carbocycles. The number of hydrogen-bond donors (Lipinski definition) is 1. The molecule has 2 heterocycles. The average Bonchev–Trinajstić information content (AvgIpc) is 2.75. The molecule has 0 bridgehead atoms. The minimum atomic E-state index is -0.216. The van der Waals surface area contributed by atoms with Gasteiger partial charge in [0, 0.05) is 37.3 Å². The quantitative estimate of drug-likeness (QED) is 0.930. The van der Waals surface area contributed by atoms with Gasteiger partial charge >= 0.3 is 0 Å². The predicted octanol–water partition coefficient (Wildman–Crippen LogP) is 1.60. The summed E-state index contributed by atoms with van der Waals surface area (Å²) in [6, 6.07) is 8.14. The number of rotatable bonds is 4. The summed E-state index contributed by atoms with van der Waals surface area (Å²) >= 11 is 0. The first-order valence-corrected chi connectivity index (χ1v) is 7.77. The van der Waals surface area contributed by atoms with E-state index in [1.165, 1.54) is 24.5 Å². The normalized spacial score (nSPS) is 19.4. The Labute approximate surface area is 134 Å². The van der Waals surface area contributed by atoms with E-state index in [0.717, 1.165) is 30.9 Å². The highest BCUT2D eigenvalue weighted by molar-refractivity contribution is 5.16. The number of hydrogen-bond acceptors (Lipinski definition) is 4. The summed E-state index contributed by atoms with van der Waals surface area (Å²) in [4.78, 5) is 20.4. The molecule has 1 atom stereocenters. The second-order valence-corrected chi connectivity index (χ2v) is 5.91. The molecule has 0 radical (unpaired) electrons. The van der Waals surface area contributed by atoms with Gasteiger partial charge < -0.3 is 9.72 Å². The largest absolute Gasteiger partial charge is 0.380 e. The summed E-state index contributed by atoms with van der Waals surface area (Å²) in [5.74, 6) is 0.0680. The van der Waals surface area contributed by atoms with Crippen molar-refractivity contribution in [1.29, 1.82) is 0 Å². The summed E-state index contributed by atoms with van der Waals surface area (Å²) in [6.07, 6.45) is 2.15. The van der Waals surface area contributed by atoms with Crippen LogP contribution in [0, 0.1) is 11.7 Å². The van der Waals surface area contributed by atoms with Gasteiger partial charge in [0.05, 0.1) is 19.5 Å². The van der Waals surface area contributed by atoms with E-state index in [0.29, 0.717) is 19.6 Å². The summed E-state index contributed by atoms with van der Waals surface area (Å²) < 4.78 is 18.7. The van der Waals surface area contributed by atoms with Crippen molar-refractivity contribution >= 4 is 0 Å². The number of benzene rings is 1. The Morgan fingerprint density at radius 1 is 1.35 bits per heavy atom. The van der Waals surface area contributed by atoms with Crippen molar-refractivity contribution in [1.82, 2.24) is 14.9 Å². The van der Waals surface area contributed by atoms with E-state index < -0.39 is 0 Å². The first kappa shape index (κ1) is 15.8. The number of nitrogens with zero attached hydrogens (tertiary/aromatic N) is 2. The van der Waals surface area contributed by atoms with Crippen LogP contribution in [0.2, 0.25) is 0 Å². The van der Waals surface area contributed by atoms with Gasteiger partial charge in [-0.1, -0.05) is 12.1 Å². The molecule has 122 valence electrons. The fraction of sp³-hybridized carbons (Fsp3) is 0.412. The van der Waals surface area contributed by atoms with Crippen LogP contribution in [0.25, 0.3) is 0 Å². The summed E-state index contributed by atoms with van der Waals surface area (Å²) in [7, 11) is 0. The van der Waals surface area contributed by atoms with Crippen molar-refractivity contribution in [3.05, 3.63) is 64.1 Å².